The molecule has 2 rings (SSSR count). The highest BCUT2D eigenvalue weighted by atomic mass is 16.6. The predicted octanol–water partition coefficient (Wildman–Crippen LogP) is 0.572. The minimum Gasteiger partial charge on any atom is -0.389 e. The molecular weight excluding hydrogens is 144 g/mol. The van der Waals surface area contributed by atoms with E-state index in [-0.39, 0.29) is 5.92 Å². The highest BCUT2D eigenvalue weighted by Crippen LogP contribution is 2.28. The van der Waals surface area contributed by atoms with Crippen LogP contribution in [0.5, 0.6) is 0 Å². The first-order chi connectivity index (χ1) is 5.29. The first kappa shape index (κ1) is 6.34. The highest BCUT2D eigenvalue weighted by Gasteiger charge is 2.38. The number of ether oxygens (including phenoxy) is 1. The highest BCUT2D eigenvalue weighted by molar-refractivity contribution is 6.07. The average molecular weight is 150 g/mol. The Kier molecular flexibility index (Phi) is 1.18. The topological polar surface area (TPSA) is 43.4 Å². The number of fused-ring (bicyclic) bond motifs is 1. The van der Waals surface area contributed by atoms with Gasteiger partial charge in [-0.3, -0.25) is 4.79 Å². The van der Waals surface area contributed by atoms with E-state index >= 15 is 0 Å². The summed E-state index contributed by atoms with van der Waals surface area (Å²) in [6.45, 7) is 0. The molecule has 0 N–H and O–H groups in total. The van der Waals surface area contributed by atoms with Crippen LogP contribution in [0.1, 0.15) is 6.42 Å². The summed E-state index contributed by atoms with van der Waals surface area (Å²) in [5.74, 6) is -1.22. The number of carbonyl (C=O) groups is 2. The molecule has 1 atom stereocenters. The zero-order valence-electron chi connectivity index (χ0n) is 5.74. The average Bonchev–Trinajstić information content (AvgIpc) is 2.30. The lowest BCUT2D eigenvalue weighted by atomic mass is 9.94. The van der Waals surface area contributed by atoms with Gasteiger partial charge < -0.3 is 4.74 Å². The third kappa shape index (κ3) is 0.808. The van der Waals surface area contributed by atoms with Gasteiger partial charge in [-0.15, -0.1) is 0 Å². The molecule has 0 bridgehead atoms. The number of allylic oxidation sites excluding steroid dienone is 3. The van der Waals surface area contributed by atoms with E-state index in [1.165, 1.54) is 0 Å². The van der Waals surface area contributed by atoms with E-state index in [0.29, 0.717) is 12.0 Å². The lowest BCUT2D eigenvalue weighted by Gasteiger charge is -2.04. The van der Waals surface area contributed by atoms with Gasteiger partial charge in [0, 0.05) is 0 Å². The largest absolute Gasteiger partial charge is 0.389 e. The van der Waals surface area contributed by atoms with Crippen LogP contribution in [-0.4, -0.2) is 11.9 Å². The van der Waals surface area contributed by atoms with Crippen molar-refractivity contribution in [3.05, 3.63) is 23.8 Å². The Morgan fingerprint density at radius 1 is 1.45 bits per heavy atom. The smallest absolute Gasteiger partial charge is 0.342 e. The van der Waals surface area contributed by atoms with Crippen molar-refractivity contribution in [2.45, 2.75) is 6.42 Å². The maximum absolute atomic E-state index is 10.9. The zero-order valence-corrected chi connectivity index (χ0v) is 5.74. The van der Waals surface area contributed by atoms with Gasteiger partial charge in [-0.25, -0.2) is 4.79 Å². The first-order valence-electron chi connectivity index (χ1n) is 3.42. The molecule has 0 aromatic carbocycles. The summed E-state index contributed by atoms with van der Waals surface area (Å²) < 4.78 is 4.42. The van der Waals surface area contributed by atoms with E-state index in [2.05, 4.69) is 4.74 Å². The summed E-state index contributed by atoms with van der Waals surface area (Å²) in [5.41, 5.74) is 0.498. The van der Waals surface area contributed by atoms with Gasteiger partial charge in [-0.1, -0.05) is 18.2 Å². The number of hydrogen-bond acceptors (Lipinski definition) is 3. The van der Waals surface area contributed by atoms with Crippen molar-refractivity contribution in [3.8, 4) is 0 Å². The molecule has 11 heavy (non-hydrogen) atoms. The van der Waals surface area contributed by atoms with Crippen molar-refractivity contribution >= 4 is 11.9 Å². The van der Waals surface area contributed by atoms with E-state index < -0.39 is 11.9 Å². The predicted molar refractivity (Wildman–Crippen MR) is 36.4 cm³/mol. The first-order valence-corrected chi connectivity index (χ1v) is 3.42. The Hall–Kier alpha value is -1.38. The molecule has 0 amide bonds. The monoisotopic (exact) mass is 150 g/mol. The van der Waals surface area contributed by atoms with Crippen LogP contribution in [0, 0.1) is 5.92 Å². The molecule has 56 valence electrons. The molecule has 0 aromatic heterocycles. The second-order valence-electron chi connectivity index (χ2n) is 2.55. The van der Waals surface area contributed by atoms with Crippen molar-refractivity contribution in [2.24, 2.45) is 5.92 Å². The Labute approximate surface area is 63.3 Å². The van der Waals surface area contributed by atoms with Crippen LogP contribution >= 0.6 is 0 Å². The Morgan fingerprint density at radius 2 is 2.27 bits per heavy atom. The minimum absolute atomic E-state index is 0.326. The van der Waals surface area contributed by atoms with Crippen LogP contribution in [-0.2, 0) is 14.3 Å². The maximum atomic E-state index is 10.9. The molecule has 2 aliphatic rings. The molecular formula is C8H6O3. The molecule has 0 radical (unpaired) electrons. The van der Waals surface area contributed by atoms with E-state index in [1.54, 1.807) is 12.2 Å². The molecule has 1 saturated heterocycles. The van der Waals surface area contributed by atoms with Gasteiger partial charge in [0.1, 0.15) is 0 Å². The summed E-state index contributed by atoms with van der Waals surface area (Å²) in [6, 6.07) is 0. The van der Waals surface area contributed by atoms with Crippen molar-refractivity contribution in [1.29, 1.82) is 0 Å². The van der Waals surface area contributed by atoms with E-state index in [0.717, 1.165) is 0 Å². The van der Waals surface area contributed by atoms with Crippen LogP contribution in [0.3, 0.4) is 0 Å². The maximum Gasteiger partial charge on any atom is 0.342 e. The van der Waals surface area contributed by atoms with E-state index in [9.17, 15) is 9.59 Å². The molecule has 1 aliphatic heterocycles. The van der Waals surface area contributed by atoms with Crippen molar-refractivity contribution in [2.75, 3.05) is 0 Å². The van der Waals surface area contributed by atoms with Crippen molar-refractivity contribution in [3.63, 3.8) is 0 Å². The van der Waals surface area contributed by atoms with Crippen LogP contribution in [0.4, 0.5) is 0 Å². The van der Waals surface area contributed by atoms with Gasteiger partial charge in [0.05, 0.1) is 11.5 Å². The van der Waals surface area contributed by atoms with Crippen molar-refractivity contribution < 1.29 is 14.3 Å². The van der Waals surface area contributed by atoms with E-state index in [1.807, 2.05) is 6.08 Å². The van der Waals surface area contributed by atoms with E-state index in [4.69, 9.17) is 0 Å². The molecule has 1 heterocycles. The zero-order chi connectivity index (χ0) is 7.84. The van der Waals surface area contributed by atoms with Gasteiger partial charge in [0.2, 0.25) is 0 Å². The Bertz CT molecular complexity index is 286. The van der Waals surface area contributed by atoms with Gasteiger partial charge in [0.15, 0.2) is 0 Å². The lowest BCUT2D eigenvalue weighted by molar-refractivity contribution is -0.152. The molecule has 0 unspecified atom stereocenters. The second-order valence-corrected chi connectivity index (χ2v) is 2.55. The normalized spacial score (nSPS) is 28.0. The van der Waals surface area contributed by atoms with Gasteiger partial charge in [-0.05, 0) is 6.42 Å². The lowest BCUT2D eigenvalue weighted by Crippen LogP contribution is -2.09. The molecule has 3 heteroatoms. The molecule has 0 aromatic rings. The van der Waals surface area contributed by atoms with Crippen LogP contribution in [0.2, 0.25) is 0 Å². The summed E-state index contributed by atoms with van der Waals surface area (Å²) in [6.07, 6.45) is 5.86. The molecule has 1 aliphatic carbocycles. The van der Waals surface area contributed by atoms with Crippen LogP contribution in [0.25, 0.3) is 0 Å². The third-order valence-electron chi connectivity index (χ3n) is 1.87. The quantitative estimate of drug-likeness (QED) is 0.374. The fraction of sp³-hybridized carbons (Fsp3) is 0.250. The third-order valence-corrected chi connectivity index (χ3v) is 1.87. The summed E-state index contributed by atoms with van der Waals surface area (Å²) in [5, 5.41) is 0. The summed E-state index contributed by atoms with van der Waals surface area (Å²) in [7, 11) is 0. The van der Waals surface area contributed by atoms with Crippen molar-refractivity contribution in [1.82, 2.24) is 0 Å². The summed E-state index contributed by atoms with van der Waals surface area (Å²) >= 11 is 0. The van der Waals surface area contributed by atoms with Crippen LogP contribution in [0.15, 0.2) is 23.8 Å². The van der Waals surface area contributed by atoms with Crippen LogP contribution < -0.4 is 0 Å². The fourth-order valence-corrected chi connectivity index (χ4v) is 1.28. The Morgan fingerprint density at radius 3 is 3.00 bits per heavy atom. The number of carbonyl (C=O) groups excluding carboxylic acids is 2. The number of rotatable bonds is 0. The SMILES string of the molecule is O=C1OC(=O)[C@@H]2CC=CC=C12. The van der Waals surface area contributed by atoms with Gasteiger partial charge in [0.25, 0.3) is 0 Å². The van der Waals surface area contributed by atoms with Gasteiger partial charge >= 0.3 is 11.9 Å². The number of esters is 2. The Balaban J connectivity index is 2.42. The molecule has 1 fully saturated rings. The minimum atomic E-state index is -0.482. The molecule has 3 nitrogen and oxygen atoms in total. The standard InChI is InChI=1S/C8H6O3/c9-7-5-3-1-2-4-6(5)8(10)11-7/h1-3,6H,4H2/t6-/m1/s1. The molecule has 0 saturated carbocycles. The number of cyclic esters (lactones) is 2. The fourth-order valence-electron chi connectivity index (χ4n) is 1.28. The number of hydrogen-bond donors (Lipinski definition) is 0. The second kappa shape index (κ2) is 2.05. The summed E-state index contributed by atoms with van der Waals surface area (Å²) in [4.78, 5) is 21.8. The molecule has 0 spiro atoms. The van der Waals surface area contributed by atoms with Gasteiger partial charge in [-0.2, -0.15) is 0 Å².